The monoisotopic (exact) mass is 283 g/mol. The number of hydrogen-bond acceptors (Lipinski definition) is 6. The highest BCUT2D eigenvalue weighted by atomic mass is 32.2. The summed E-state index contributed by atoms with van der Waals surface area (Å²) in [6.07, 6.45) is 7.13. The molecule has 1 aromatic rings. The topological polar surface area (TPSA) is 71.2 Å². The first-order valence-electron chi connectivity index (χ1n) is 7.17. The number of aliphatic hydroxyl groups excluding tert-OH is 1. The molecular weight excluding hydrogens is 262 g/mol. The van der Waals surface area contributed by atoms with Gasteiger partial charge in [0.05, 0.1) is 17.9 Å². The average Bonchev–Trinajstić information content (AvgIpc) is 3.06. The van der Waals surface area contributed by atoms with Crippen molar-refractivity contribution < 1.29 is 9.63 Å². The molecule has 6 heteroatoms. The highest BCUT2D eigenvalue weighted by Crippen LogP contribution is 2.30. The summed E-state index contributed by atoms with van der Waals surface area (Å²) in [4.78, 5) is 4.44. The van der Waals surface area contributed by atoms with E-state index in [-0.39, 0.29) is 12.1 Å². The molecule has 5 nitrogen and oxygen atoms in total. The number of nitrogens with one attached hydrogen (secondary N) is 1. The van der Waals surface area contributed by atoms with Gasteiger partial charge in [0.25, 0.3) is 0 Å². The van der Waals surface area contributed by atoms with Crippen molar-refractivity contribution in [3.05, 3.63) is 11.7 Å². The lowest BCUT2D eigenvalue weighted by molar-refractivity contribution is 0.191. The molecule has 1 saturated heterocycles. The van der Waals surface area contributed by atoms with E-state index in [0.717, 1.165) is 16.8 Å². The van der Waals surface area contributed by atoms with Gasteiger partial charge in [-0.3, -0.25) is 0 Å². The summed E-state index contributed by atoms with van der Waals surface area (Å²) in [5.74, 6) is 2.24. The summed E-state index contributed by atoms with van der Waals surface area (Å²) in [5.41, 5.74) is 0. The van der Waals surface area contributed by atoms with E-state index in [0.29, 0.717) is 18.9 Å². The van der Waals surface area contributed by atoms with Crippen molar-refractivity contribution in [2.24, 2.45) is 0 Å². The van der Waals surface area contributed by atoms with E-state index in [1.807, 2.05) is 11.8 Å². The van der Waals surface area contributed by atoms with Crippen LogP contribution in [0.5, 0.6) is 0 Å². The molecule has 3 rings (SSSR count). The summed E-state index contributed by atoms with van der Waals surface area (Å²) in [6.45, 7) is 0.610. The van der Waals surface area contributed by atoms with Crippen LogP contribution >= 0.6 is 11.8 Å². The molecule has 1 aliphatic heterocycles. The molecule has 0 unspecified atom stereocenters. The van der Waals surface area contributed by atoms with Gasteiger partial charge in [-0.25, -0.2) is 0 Å². The molecule has 1 aliphatic carbocycles. The van der Waals surface area contributed by atoms with Crippen molar-refractivity contribution >= 4 is 11.8 Å². The number of thioether (sulfide) groups is 1. The van der Waals surface area contributed by atoms with Crippen LogP contribution in [-0.4, -0.2) is 33.1 Å². The smallest absolute Gasteiger partial charge is 0.243 e. The summed E-state index contributed by atoms with van der Waals surface area (Å²) in [7, 11) is 0. The van der Waals surface area contributed by atoms with Crippen molar-refractivity contribution in [1.82, 2.24) is 15.5 Å². The van der Waals surface area contributed by atoms with Gasteiger partial charge in [0.15, 0.2) is 5.82 Å². The molecule has 2 N–H and O–H groups in total. The van der Waals surface area contributed by atoms with Crippen molar-refractivity contribution in [3.8, 4) is 0 Å². The Morgan fingerprint density at radius 1 is 1.32 bits per heavy atom. The van der Waals surface area contributed by atoms with Crippen molar-refractivity contribution in [3.63, 3.8) is 0 Å². The predicted octanol–water partition coefficient (Wildman–Crippen LogP) is 2.03. The number of β-amino-alcohol motifs (C(OH)–C–C–N with tert-alkyl or cyclic N) is 1. The molecule has 0 radical (unpaired) electrons. The van der Waals surface area contributed by atoms with Crippen LogP contribution in [0.25, 0.3) is 0 Å². The van der Waals surface area contributed by atoms with Gasteiger partial charge in [-0.05, 0) is 19.3 Å². The molecule has 0 bridgehead atoms. The molecule has 2 atom stereocenters. The number of aliphatic hydroxyl groups is 1. The molecular formula is C13H21N3O2S. The van der Waals surface area contributed by atoms with Gasteiger partial charge in [0, 0.05) is 11.8 Å². The zero-order valence-electron chi connectivity index (χ0n) is 11.0. The van der Waals surface area contributed by atoms with Crippen LogP contribution in [0.4, 0.5) is 0 Å². The van der Waals surface area contributed by atoms with Crippen LogP contribution in [0.2, 0.25) is 0 Å². The van der Waals surface area contributed by atoms with Gasteiger partial charge in [-0.15, -0.1) is 0 Å². The number of aromatic nitrogens is 2. The minimum Gasteiger partial charge on any atom is -0.392 e. The lowest BCUT2D eigenvalue weighted by Crippen LogP contribution is -2.15. The van der Waals surface area contributed by atoms with Crippen LogP contribution in [0.1, 0.15) is 56.3 Å². The Balaban J connectivity index is 1.50. The van der Waals surface area contributed by atoms with Gasteiger partial charge in [-0.1, -0.05) is 24.4 Å². The fourth-order valence-electron chi connectivity index (χ4n) is 2.80. The van der Waals surface area contributed by atoms with Crippen LogP contribution in [0, 0.1) is 0 Å². The summed E-state index contributed by atoms with van der Waals surface area (Å²) in [5, 5.41) is 17.5. The van der Waals surface area contributed by atoms with E-state index in [4.69, 9.17) is 4.52 Å². The van der Waals surface area contributed by atoms with E-state index >= 15 is 0 Å². The Hall–Kier alpha value is -0.590. The molecule has 2 fully saturated rings. The second-order valence-electron chi connectivity index (χ2n) is 5.47. The van der Waals surface area contributed by atoms with Gasteiger partial charge >= 0.3 is 0 Å². The van der Waals surface area contributed by atoms with Crippen molar-refractivity contribution in [1.29, 1.82) is 0 Å². The molecule has 1 saturated carbocycles. The third kappa shape index (κ3) is 3.49. The average molecular weight is 283 g/mol. The maximum absolute atomic E-state index is 9.48. The molecule has 106 valence electrons. The zero-order chi connectivity index (χ0) is 13.1. The normalized spacial score (nSPS) is 28.9. The summed E-state index contributed by atoms with van der Waals surface area (Å²) >= 11 is 1.95. The first-order chi connectivity index (χ1) is 9.31. The molecule has 0 aromatic carbocycles. The Bertz CT molecular complexity index is 406. The first kappa shape index (κ1) is 13.4. The quantitative estimate of drug-likeness (QED) is 0.881. The van der Waals surface area contributed by atoms with Gasteiger partial charge in [0.1, 0.15) is 0 Å². The molecule has 0 amide bonds. The summed E-state index contributed by atoms with van der Waals surface area (Å²) in [6, 6.07) is 0.0240. The fourth-order valence-corrected chi connectivity index (χ4v) is 3.97. The Kier molecular flexibility index (Phi) is 4.40. The second-order valence-corrected chi connectivity index (χ2v) is 6.76. The molecule has 1 aromatic heterocycles. The predicted molar refractivity (Wildman–Crippen MR) is 73.8 cm³/mol. The van der Waals surface area contributed by atoms with Gasteiger partial charge < -0.3 is 14.9 Å². The minimum absolute atomic E-state index is 0.0240. The van der Waals surface area contributed by atoms with E-state index < -0.39 is 0 Å². The van der Waals surface area contributed by atoms with E-state index in [1.54, 1.807) is 0 Å². The molecule has 2 heterocycles. The lowest BCUT2D eigenvalue weighted by Gasteiger charge is -2.19. The Morgan fingerprint density at radius 2 is 2.16 bits per heavy atom. The minimum atomic E-state index is -0.294. The number of hydrogen-bond donors (Lipinski definition) is 2. The Labute approximate surface area is 117 Å². The van der Waals surface area contributed by atoms with Crippen molar-refractivity contribution in [2.75, 3.05) is 6.54 Å². The number of rotatable bonds is 4. The molecule has 0 spiro atoms. The highest BCUT2D eigenvalue weighted by molar-refractivity contribution is 7.99. The highest BCUT2D eigenvalue weighted by Gasteiger charge is 2.28. The summed E-state index contributed by atoms with van der Waals surface area (Å²) < 4.78 is 5.29. The van der Waals surface area contributed by atoms with Gasteiger partial charge in [-0.2, -0.15) is 16.7 Å². The zero-order valence-corrected chi connectivity index (χ0v) is 11.9. The van der Waals surface area contributed by atoms with E-state index in [1.165, 1.54) is 32.1 Å². The SMILES string of the molecule is O[C@@H]1CN[C@@H](c2nc(CSC3CCCCC3)no2)C1. The maximum Gasteiger partial charge on any atom is 0.243 e. The standard InChI is InChI=1S/C13H21N3O2S/c17-9-6-11(14-7-9)13-15-12(16-18-13)8-19-10-4-2-1-3-5-10/h9-11,14,17H,1-8H2/t9-,11+/m0/s1. The van der Waals surface area contributed by atoms with E-state index in [2.05, 4.69) is 15.5 Å². The van der Waals surface area contributed by atoms with Crippen LogP contribution in [-0.2, 0) is 5.75 Å². The second kappa shape index (κ2) is 6.24. The fraction of sp³-hybridized carbons (Fsp3) is 0.846. The van der Waals surface area contributed by atoms with Gasteiger partial charge in [0.2, 0.25) is 5.89 Å². The van der Waals surface area contributed by atoms with E-state index in [9.17, 15) is 5.11 Å². The van der Waals surface area contributed by atoms with Crippen LogP contribution in [0.3, 0.4) is 0 Å². The van der Waals surface area contributed by atoms with Crippen LogP contribution < -0.4 is 5.32 Å². The number of nitrogens with zero attached hydrogens (tertiary/aromatic N) is 2. The van der Waals surface area contributed by atoms with Crippen molar-refractivity contribution in [2.45, 2.75) is 61.7 Å². The first-order valence-corrected chi connectivity index (χ1v) is 8.21. The van der Waals surface area contributed by atoms with Crippen LogP contribution in [0.15, 0.2) is 4.52 Å². The largest absolute Gasteiger partial charge is 0.392 e. The Morgan fingerprint density at radius 3 is 2.89 bits per heavy atom. The molecule has 19 heavy (non-hydrogen) atoms. The maximum atomic E-state index is 9.48. The molecule has 2 aliphatic rings. The lowest BCUT2D eigenvalue weighted by atomic mass is 10.0. The third-order valence-corrected chi connectivity index (χ3v) is 5.26. The third-order valence-electron chi connectivity index (χ3n) is 3.89.